The molecule has 0 atom stereocenters. The Morgan fingerprint density at radius 2 is 2.08 bits per heavy atom. The highest BCUT2D eigenvalue weighted by Crippen LogP contribution is 2.23. The van der Waals surface area contributed by atoms with Crippen LogP contribution in [0.1, 0.15) is 31.7 Å². The SMILES string of the molecule is CC(C)c1ccccc1NC(=O)/C(C#N)=C\NCCCN1CCOCC1. The molecule has 1 aromatic carbocycles. The predicted molar refractivity (Wildman–Crippen MR) is 103 cm³/mol. The summed E-state index contributed by atoms with van der Waals surface area (Å²) in [7, 11) is 0. The summed E-state index contributed by atoms with van der Waals surface area (Å²) < 4.78 is 5.32. The molecular weight excluding hydrogens is 328 g/mol. The van der Waals surface area contributed by atoms with Crippen molar-refractivity contribution in [1.82, 2.24) is 10.2 Å². The molecule has 6 nitrogen and oxygen atoms in total. The number of nitrogens with zero attached hydrogens (tertiary/aromatic N) is 2. The Labute approximate surface area is 155 Å². The molecule has 0 saturated carbocycles. The molecule has 0 spiro atoms. The van der Waals surface area contributed by atoms with Crippen molar-refractivity contribution < 1.29 is 9.53 Å². The molecule has 1 saturated heterocycles. The van der Waals surface area contributed by atoms with Gasteiger partial charge in [-0.2, -0.15) is 5.26 Å². The van der Waals surface area contributed by atoms with E-state index < -0.39 is 0 Å². The van der Waals surface area contributed by atoms with E-state index in [0.29, 0.717) is 5.92 Å². The van der Waals surface area contributed by atoms with Gasteiger partial charge in [-0.25, -0.2) is 0 Å². The summed E-state index contributed by atoms with van der Waals surface area (Å²) in [6.45, 7) is 9.38. The molecule has 140 valence electrons. The summed E-state index contributed by atoms with van der Waals surface area (Å²) in [5.74, 6) is -0.0967. The summed E-state index contributed by atoms with van der Waals surface area (Å²) in [6, 6.07) is 9.64. The maximum absolute atomic E-state index is 12.4. The fraction of sp³-hybridized carbons (Fsp3) is 0.500. The zero-order valence-corrected chi connectivity index (χ0v) is 15.6. The van der Waals surface area contributed by atoms with Crippen LogP contribution >= 0.6 is 0 Å². The van der Waals surface area contributed by atoms with E-state index in [4.69, 9.17) is 4.74 Å². The van der Waals surface area contributed by atoms with Crippen molar-refractivity contribution in [3.8, 4) is 6.07 Å². The van der Waals surface area contributed by atoms with Crippen LogP contribution in [0.25, 0.3) is 0 Å². The third-order valence-electron chi connectivity index (χ3n) is 4.34. The average Bonchev–Trinajstić information content (AvgIpc) is 2.65. The molecule has 0 radical (unpaired) electrons. The number of benzene rings is 1. The number of nitriles is 1. The van der Waals surface area contributed by atoms with Crippen LogP contribution in [-0.4, -0.2) is 50.2 Å². The second kappa shape index (κ2) is 10.6. The number of hydrogen-bond acceptors (Lipinski definition) is 5. The van der Waals surface area contributed by atoms with Gasteiger partial charge in [0, 0.05) is 31.5 Å². The highest BCUT2D eigenvalue weighted by molar-refractivity contribution is 6.06. The molecule has 1 fully saturated rings. The lowest BCUT2D eigenvalue weighted by atomic mass is 10.0. The minimum absolute atomic E-state index is 0.0786. The van der Waals surface area contributed by atoms with Crippen LogP contribution in [-0.2, 0) is 9.53 Å². The van der Waals surface area contributed by atoms with Crippen LogP contribution in [0.3, 0.4) is 0 Å². The van der Waals surface area contributed by atoms with Crippen LogP contribution in [0.15, 0.2) is 36.0 Å². The number of ether oxygens (including phenoxy) is 1. The van der Waals surface area contributed by atoms with Gasteiger partial charge in [0.1, 0.15) is 11.6 Å². The number of carbonyl (C=O) groups is 1. The monoisotopic (exact) mass is 356 g/mol. The Morgan fingerprint density at radius 3 is 2.77 bits per heavy atom. The first kappa shape index (κ1) is 20.0. The number of para-hydroxylation sites is 1. The van der Waals surface area contributed by atoms with E-state index in [9.17, 15) is 10.1 Å². The fourth-order valence-corrected chi connectivity index (χ4v) is 2.86. The van der Waals surface area contributed by atoms with Crippen molar-refractivity contribution in [3.63, 3.8) is 0 Å². The Balaban J connectivity index is 1.82. The lowest BCUT2D eigenvalue weighted by molar-refractivity contribution is -0.112. The summed E-state index contributed by atoms with van der Waals surface area (Å²) in [5, 5.41) is 15.2. The van der Waals surface area contributed by atoms with Crippen molar-refractivity contribution >= 4 is 11.6 Å². The molecule has 0 unspecified atom stereocenters. The number of carbonyl (C=O) groups excluding carboxylic acids is 1. The van der Waals surface area contributed by atoms with Gasteiger partial charge in [-0.1, -0.05) is 32.0 Å². The van der Waals surface area contributed by atoms with E-state index in [-0.39, 0.29) is 11.5 Å². The molecule has 1 aliphatic rings. The minimum atomic E-state index is -0.388. The minimum Gasteiger partial charge on any atom is -0.390 e. The summed E-state index contributed by atoms with van der Waals surface area (Å²) >= 11 is 0. The Kier molecular flexibility index (Phi) is 8.13. The van der Waals surface area contributed by atoms with Crippen LogP contribution in [0.2, 0.25) is 0 Å². The summed E-state index contributed by atoms with van der Waals surface area (Å²) in [5.41, 5.74) is 1.88. The van der Waals surface area contributed by atoms with Crippen LogP contribution < -0.4 is 10.6 Å². The lowest BCUT2D eigenvalue weighted by Gasteiger charge is -2.26. The quantitative estimate of drug-likeness (QED) is 0.425. The van der Waals surface area contributed by atoms with E-state index in [2.05, 4.69) is 29.4 Å². The second-order valence-corrected chi connectivity index (χ2v) is 6.63. The largest absolute Gasteiger partial charge is 0.390 e. The molecule has 1 amide bonds. The Hall–Kier alpha value is -2.36. The van der Waals surface area contributed by atoms with Gasteiger partial charge in [-0.15, -0.1) is 0 Å². The lowest BCUT2D eigenvalue weighted by Crippen LogP contribution is -2.37. The first-order valence-corrected chi connectivity index (χ1v) is 9.16. The zero-order chi connectivity index (χ0) is 18.8. The van der Waals surface area contributed by atoms with Crippen LogP contribution in [0.4, 0.5) is 5.69 Å². The van der Waals surface area contributed by atoms with Crippen LogP contribution in [0.5, 0.6) is 0 Å². The molecular formula is C20H28N4O2. The van der Waals surface area contributed by atoms with Gasteiger partial charge < -0.3 is 15.4 Å². The first-order chi connectivity index (χ1) is 12.6. The van der Waals surface area contributed by atoms with Gasteiger partial charge in [-0.3, -0.25) is 9.69 Å². The maximum Gasteiger partial charge on any atom is 0.267 e. The Bertz CT molecular complexity index is 658. The third-order valence-corrected chi connectivity index (χ3v) is 4.34. The molecule has 1 aliphatic heterocycles. The highest BCUT2D eigenvalue weighted by atomic mass is 16.5. The number of morpholine rings is 1. The van der Waals surface area contributed by atoms with Crippen molar-refractivity contribution in [2.45, 2.75) is 26.2 Å². The molecule has 0 aliphatic carbocycles. The van der Waals surface area contributed by atoms with Gasteiger partial charge in [0.05, 0.1) is 13.2 Å². The number of nitrogens with one attached hydrogen (secondary N) is 2. The normalized spacial score (nSPS) is 15.5. The molecule has 0 aromatic heterocycles. The predicted octanol–water partition coefficient (Wildman–Crippen LogP) is 2.47. The smallest absolute Gasteiger partial charge is 0.267 e. The zero-order valence-electron chi connectivity index (χ0n) is 15.6. The maximum atomic E-state index is 12.4. The molecule has 0 bridgehead atoms. The molecule has 26 heavy (non-hydrogen) atoms. The molecule has 1 aromatic rings. The molecule has 1 heterocycles. The van der Waals surface area contributed by atoms with Gasteiger partial charge >= 0.3 is 0 Å². The summed E-state index contributed by atoms with van der Waals surface area (Å²) in [6.07, 6.45) is 2.46. The van der Waals surface area contributed by atoms with Crippen molar-refractivity contribution in [1.29, 1.82) is 5.26 Å². The fourth-order valence-electron chi connectivity index (χ4n) is 2.86. The van der Waals surface area contributed by atoms with Gasteiger partial charge in [0.2, 0.25) is 0 Å². The average molecular weight is 356 g/mol. The standard InChI is InChI=1S/C20H28N4O2/c1-16(2)18-6-3-4-7-19(18)23-20(25)17(14-21)15-22-8-5-9-24-10-12-26-13-11-24/h3-4,6-7,15-16,22H,5,8-13H2,1-2H3,(H,23,25)/b17-15-. The number of hydrogen-bond donors (Lipinski definition) is 2. The number of anilines is 1. The number of rotatable bonds is 8. The van der Waals surface area contributed by atoms with Crippen molar-refractivity contribution in [2.24, 2.45) is 0 Å². The van der Waals surface area contributed by atoms with Crippen LogP contribution in [0, 0.1) is 11.3 Å². The summed E-state index contributed by atoms with van der Waals surface area (Å²) in [4.78, 5) is 14.7. The van der Waals surface area contributed by atoms with Crippen molar-refractivity contribution in [3.05, 3.63) is 41.6 Å². The second-order valence-electron chi connectivity index (χ2n) is 6.63. The van der Waals surface area contributed by atoms with Crippen molar-refractivity contribution in [2.75, 3.05) is 44.7 Å². The Morgan fingerprint density at radius 1 is 1.35 bits per heavy atom. The molecule has 6 heteroatoms. The van der Waals surface area contributed by atoms with E-state index in [0.717, 1.165) is 57.1 Å². The van der Waals surface area contributed by atoms with E-state index >= 15 is 0 Å². The molecule has 2 rings (SSSR count). The first-order valence-electron chi connectivity index (χ1n) is 9.16. The topological polar surface area (TPSA) is 77.4 Å². The number of amides is 1. The van der Waals surface area contributed by atoms with E-state index in [1.54, 1.807) is 0 Å². The van der Waals surface area contributed by atoms with Gasteiger partial charge in [0.25, 0.3) is 5.91 Å². The van der Waals surface area contributed by atoms with E-state index in [1.807, 2.05) is 30.3 Å². The van der Waals surface area contributed by atoms with Gasteiger partial charge in [0.15, 0.2) is 0 Å². The van der Waals surface area contributed by atoms with E-state index in [1.165, 1.54) is 6.20 Å². The molecule has 2 N–H and O–H groups in total. The third kappa shape index (κ3) is 6.17. The highest BCUT2D eigenvalue weighted by Gasteiger charge is 2.13. The van der Waals surface area contributed by atoms with Gasteiger partial charge in [-0.05, 0) is 30.5 Å².